The largest absolute Gasteiger partial charge is 0.317 e. The summed E-state index contributed by atoms with van der Waals surface area (Å²) in [5.41, 5.74) is 0. The van der Waals surface area contributed by atoms with E-state index in [1.54, 1.807) is 0 Å². The lowest BCUT2D eigenvalue weighted by Crippen LogP contribution is -2.27. The summed E-state index contributed by atoms with van der Waals surface area (Å²) in [6.07, 6.45) is 5.21. The predicted octanol–water partition coefficient (Wildman–Crippen LogP) is 2.79. The Labute approximate surface area is 96.2 Å². The quantitative estimate of drug-likeness (QED) is 0.546. The van der Waals surface area contributed by atoms with Crippen molar-refractivity contribution >= 4 is 0 Å². The van der Waals surface area contributed by atoms with Crippen LogP contribution in [-0.4, -0.2) is 25.7 Å². The molecule has 0 aromatic rings. The molecule has 2 nitrogen and oxygen atoms in total. The van der Waals surface area contributed by atoms with Crippen molar-refractivity contribution in [2.75, 3.05) is 19.6 Å². The van der Waals surface area contributed by atoms with Gasteiger partial charge in [-0.25, -0.2) is 0 Å². The average molecular weight is 214 g/mol. The standard InChI is InChI=1S/C13H30N2/c1-5-10-15-13(4)8-7-12(3)9-11-14-6-2/h12-15H,5-11H2,1-4H3/t12-,13?/m1/s1. The Morgan fingerprint density at radius 3 is 2.27 bits per heavy atom. The Balaban J connectivity index is 3.31. The fourth-order valence-corrected chi connectivity index (χ4v) is 1.70. The summed E-state index contributed by atoms with van der Waals surface area (Å²) in [6, 6.07) is 0.687. The van der Waals surface area contributed by atoms with E-state index < -0.39 is 0 Å². The van der Waals surface area contributed by atoms with E-state index in [4.69, 9.17) is 0 Å². The number of rotatable bonds is 10. The summed E-state index contributed by atoms with van der Waals surface area (Å²) in [6.45, 7) is 12.5. The van der Waals surface area contributed by atoms with Gasteiger partial charge >= 0.3 is 0 Å². The van der Waals surface area contributed by atoms with Gasteiger partial charge in [-0.15, -0.1) is 0 Å². The van der Waals surface area contributed by atoms with Gasteiger partial charge in [-0.3, -0.25) is 0 Å². The summed E-state index contributed by atoms with van der Waals surface area (Å²) >= 11 is 0. The molecular formula is C13H30N2. The normalized spacial score (nSPS) is 15.2. The van der Waals surface area contributed by atoms with Crippen LogP contribution in [-0.2, 0) is 0 Å². The van der Waals surface area contributed by atoms with E-state index in [0.29, 0.717) is 6.04 Å². The van der Waals surface area contributed by atoms with Gasteiger partial charge in [-0.2, -0.15) is 0 Å². The first-order chi connectivity index (χ1) is 7.20. The zero-order valence-electron chi connectivity index (χ0n) is 11.1. The molecule has 0 amide bonds. The Morgan fingerprint density at radius 2 is 1.67 bits per heavy atom. The molecule has 0 aromatic carbocycles. The van der Waals surface area contributed by atoms with E-state index in [1.807, 2.05) is 0 Å². The molecule has 0 saturated carbocycles. The Bertz CT molecular complexity index is 126. The van der Waals surface area contributed by atoms with Crippen molar-refractivity contribution in [1.82, 2.24) is 10.6 Å². The van der Waals surface area contributed by atoms with Crippen LogP contribution in [0.4, 0.5) is 0 Å². The van der Waals surface area contributed by atoms with Gasteiger partial charge in [0.2, 0.25) is 0 Å². The van der Waals surface area contributed by atoms with Crippen LogP contribution in [0.15, 0.2) is 0 Å². The molecule has 92 valence electrons. The van der Waals surface area contributed by atoms with E-state index in [0.717, 1.165) is 19.0 Å². The maximum absolute atomic E-state index is 3.54. The molecule has 0 bridgehead atoms. The molecule has 2 N–H and O–H groups in total. The Kier molecular flexibility index (Phi) is 10.4. The second kappa shape index (κ2) is 10.4. The van der Waals surface area contributed by atoms with Crippen LogP contribution in [0, 0.1) is 5.92 Å². The molecule has 1 unspecified atom stereocenters. The zero-order valence-corrected chi connectivity index (χ0v) is 11.1. The van der Waals surface area contributed by atoms with Crippen molar-refractivity contribution in [3.63, 3.8) is 0 Å². The smallest absolute Gasteiger partial charge is 0.00388 e. The summed E-state index contributed by atoms with van der Waals surface area (Å²) in [5, 5.41) is 6.92. The molecule has 0 aliphatic rings. The van der Waals surface area contributed by atoms with Crippen molar-refractivity contribution < 1.29 is 0 Å². The van der Waals surface area contributed by atoms with Gasteiger partial charge < -0.3 is 10.6 Å². The third-order valence-electron chi connectivity index (χ3n) is 2.90. The SMILES string of the molecule is CCCNC(C)CC[C@@H](C)CCNCC. The monoisotopic (exact) mass is 214 g/mol. The molecule has 0 radical (unpaired) electrons. The van der Waals surface area contributed by atoms with Gasteiger partial charge in [0.15, 0.2) is 0 Å². The van der Waals surface area contributed by atoms with E-state index in [1.165, 1.54) is 32.2 Å². The Hall–Kier alpha value is -0.0800. The maximum Gasteiger partial charge on any atom is 0.00388 e. The third-order valence-corrected chi connectivity index (χ3v) is 2.90. The molecule has 2 heteroatoms. The molecule has 0 saturated heterocycles. The fourth-order valence-electron chi connectivity index (χ4n) is 1.70. The fraction of sp³-hybridized carbons (Fsp3) is 1.00. The second-order valence-electron chi connectivity index (χ2n) is 4.68. The minimum Gasteiger partial charge on any atom is -0.317 e. The van der Waals surface area contributed by atoms with Gasteiger partial charge in [-0.1, -0.05) is 20.8 Å². The highest BCUT2D eigenvalue weighted by atomic mass is 14.9. The lowest BCUT2D eigenvalue weighted by Gasteiger charge is -2.16. The highest BCUT2D eigenvalue weighted by Gasteiger charge is 2.05. The van der Waals surface area contributed by atoms with E-state index >= 15 is 0 Å². The lowest BCUT2D eigenvalue weighted by atomic mass is 9.99. The van der Waals surface area contributed by atoms with E-state index in [2.05, 4.69) is 38.3 Å². The van der Waals surface area contributed by atoms with Crippen LogP contribution in [0.1, 0.15) is 53.4 Å². The number of hydrogen-bond donors (Lipinski definition) is 2. The maximum atomic E-state index is 3.54. The van der Waals surface area contributed by atoms with Crippen LogP contribution in [0.25, 0.3) is 0 Å². The summed E-state index contributed by atoms with van der Waals surface area (Å²) in [4.78, 5) is 0. The predicted molar refractivity (Wildman–Crippen MR) is 69.3 cm³/mol. The lowest BCUT2D eigenvalue weighted by molar-refractivity contribution is 0.411. The zero-order chi connectivity index (χ0) is 11.5. The molecule has 0 aliphatic carbocycles. The first kappa shape index (κ1) is 14.9. The van der Waals surface area contributed by atoms with Crippen molar-refractivity contribution in [3.05, 3.63) is 0 Å². The number of nitrogens with one attached hydrogen (secondary N) is 2. The van der Waals surface area contributed by atoms with Gasteiger partial charge in [-0.05, 0) is 58.2 Å². The molecule has 15 heavy (non-hydrogen) atoms. The van der Waals surface area contributed by atoms with E-state index in [-0.39, 0.29) is 0 Å². The summed E-state index contributed by atoms with van der Waals surface area (Å²) in [7, 11) is 0. The Morgan fingerprint density at radius 1 is 0.933 bits per heavy atom. The molecule has 0 fully saturated rings. The summed E-state index contributed by atoms with van der Waals surface area (Å²) in [5.74, 6) is 0.856. The summed E-state index contributed by atoms with van der Waals surface area (Å²) < 4.78 is 0. The van der Waals surface area contributed by atoms with Crippen LogP contribution < -0.4 is 10.6 Å². The van der Waals surface area contributed by atoms with Crippen LogP contribution in [0.2, 0.25) is 0 Å². The molecule has 2 atom stereocenters. The highest BCUT2D eigenvalue weighted by molar-refractivity contribution is 4.63. The van der Waals surface area contributed by atoms with Crippen LogP contribution in [0.3, 0.4) is 0 Å². The molecule has 0 rings (SSSR count). The minimum atomic E-state index is 0.687. The van der Waals surface area contributed by atoms with Crippen molar-refractivity contribution in [3.8, 4) is 0 Å². The topological polar surface area (TPSA) is 24.1 Å². The number of hydrogen-bond acceptors (Lipinski definition) is 2. The van der Waals surface area contributed by atoms with Crippen molar-refractivity contribution in [2.24, 2.45) is 5.92 Å². The first-order valence-electron chi connectivity index (χ1n) is 6.64. The van der Waals surface area contributed by atoms with Crippen LogP contribution in [0.5, 0.6) is 0 Å². The minimum absolute atomic E-state index is 0.687. The highest BCUT2D eigenvalue weighted by Crippen LogP contribution is 2.11. The average Bonchev–Trinajstić information content (AvgIpc) is 2.24. The van der Waals surface area contributed by atoms with Crippen LogP contribution >= 0.6 is 0 Å². The van der Waals surface area contributed by atoms with Gasteiger partial charge in [0.05, 0.1) is 0 Å². The third kappa shape index (κ3) is 10.2. The van der Waals surface area contributed by atoms with Gasteiger partial charge in [0.25, 0.3) is 0 Å². The second-order valence-corrected chi connectivity index (χ2v) is 4.68. The van der Waals surface area contributed by atoms with Gasteiger partial charge in [0, 0.05) is 6.04 Å². The first-order valence-corrected chi connectivity index (χ1v) is 6.64. The van der Waals surface area contributed by atoms with Crippen molar-refractivity contribution in [2.45, 2.75) is 59.4 Å². The molecular weight excluding hydrogens is 184 g/mol. The molecule has 0 spiro atoms. The molecule has 0 aromatic heterocycles. The molecule has 0 heterocycles. The van der Waals surface area contributed by atoms with Crippen molar-refractivity contribution in [1.29, 1.82) is 0 Å². The van der Waals surface area contributed by atoms with E-state index in [9.17, 15) is 0 Å². The van der Waals surface area contributed by atoms with Gasteiger partial charge in [0.1, 0.15) is 0 Å². The molecule has 0 aliphatic heterocycles.